The minimum Gasteiger partial charge on any atom is -0.478 e. The number of aromatic nitrogens is 1. The van der Waals surface area contributed by atoms with E-state index in [1.807, 2.05) is 0 Å². The van der Waals surface area contributed by atoms with Crippen molar-refractivity contribution in [2.75, 3.05) is 0 Å². The number of hydrogen-bond donors (Lipinski definition) is 1. The van der Waals surface area contributed by atoms with Crippen LogP contribution < -0.4 is 0 Å². The first-order valence-corrected chi connectivity index (χ1v) is 8.70. The van der Waals surface area contributed by atoms with Crippen molar-refractivity contribution in [3.8, 4) is 11.5 Å². The molecule has 0 saturated heterocycles. The molecule has 0 aliphatic heterocycles. The summed E-state index contributed by atoms with van der Waals surface area (Å²) in [5, 5.41) is 12.2. The monoisotopic (exact) mass is 405 g/mol. The van der Waals surface area contributed by atoms with Gasteiger partial charge in [-0.3, -0.25) is 0 Å². The van der Waals surface area contributed by atoms with Crippen LogP contribution in [0.1, 0.15) is 15.9 Å². The molecule has 0 radical (unpaired) electrons. The standard InChI is InChI=1S/C19H10Cl3NO3/c1-8-13(21)3-2-11-12(19(24)25)7-15(23-17(8)11)16-5-9-4-10(20)6-14(22)18(9)26-16/h2-7H,1H3,(H,24,25). The minimum absolute atomic E-state index is 0.120. The molecule has 0 bridgehead atoms. The van der Waals surface area contributed by atoms with Crippen LogP contribution in [0.3, 0.4) is 0 Å². The van der Waals surface area contributed by atoms with Crippen LogP contribution in [-0.4, -0.2) is 16.1 Å². The molecule has 2 aromatic carbocycles. The predicted octanol–water partition coefficient (Wildman–Crippen LogP) is 6.61. The number of aryl methyl sites for hydroxylation is 1. The second-order valence-electron chi connectivity index (χ2n) is 5.85. The van der Waals surface area contributed by atoms with Gasteiger partial charge in [-0.05, 0) is 42.8 Å². The van der Waals surface area contributed by atoms with E-state index in [1.165, 1.54) is 6.07 Å². The summed E-state index contributed by atoms with van der Waals surface area (Å²) < 4.78 is 5.81. The number of nitrogens with zero attached hydrogens (tertiary/aromatic N) is 1. The van der Waals surface area contributed by atoms with Crippen molar-refractivity contribution >= 4 is 62.6 Å². The average Bonchev–Trinajstić information content (AvgIpc) is 3.01. The van der Waals surface area contributed by atoms with E-state index >= 15 is 0 Å². The third-order valence-electron chi connectivity index (χ3n) is 4.19. The second kappa shape index (κ2) is 6.16. The summed E-state index contributed by atoms with van der Waals surface area (Å²) >= 11 is 18.4. The summed E-state index contributed by atoms with van der Waals surface area (Å²) in [6.45, 7) is 1.79. The maximum Gasteiger partial charge on any atom is 0.336 e. The number of halogens is 3. The van der Waals surface area contributed by atoms with Crippen molar-refractivity contribution in [1.29, 1.82) is 0 Å². The van der Waals surface area contributed by atoms with Crippen molar-refractivity contribution in [2.45, 2.75) is 6.92 Å². The smallest absolute Gasteiger partial charge is 0.336 e. The number of pyridine rings is 1. The SMILES string of the molecule is Cc1c(Cl)ccc2c(C(=O)O)cc(-c3cc4cc(Cl)cc(Cl)c4o3)nc12. The lowest BCUT2D eigenvalue weighted by Gasteiger charge is -2.08. The van der Waals surface area contributed by atoms with Crippen LogP contribution >= 0.6 is 34.8 Å². The number of rotatable bonds is 2. The Labute approximate surface area is 162 Å². The Morgan fingerprint density at radius 2 is 1.85 bits per heavy atom. The molecule has 26 heavy (non-hydrogen) atoms. The van der Waals surface area contributed by atoms with E-state index in [0.29, 0.717) is 54.0 Å². The Balaban J connectivity index is 2.04. The molecule has 2 aromatic heterocycles. The highest BCUT2D eigenvalue weighted by Crippen LogP contribution is 2.36. The fraction of sp³-hybridized carbons (Fsp3) is 0.0526. The van der Waals surface area contributed by atoms with Crippen LogP contribution in [0.4, 0.5) is 0 Å². The van der Waals surface area contributed by atoms with Gasteiger partial charge < -0.3 is 9.52 Å². The lowest BCUT2D eigenvalue weighted by molar-refractivity contribution is 0.0699. The molecule has 1 N–H and O–H groups in total. The molecule has 0 spiro atoms. The molecule has 0 fully saturated rings. The molecule has 2 heterocycles. The normalized spacial score (nSPS) is 11.4. The number of aromatic carboxylic acids is 1. The summed E-state index contributed by atoms with van der Waals surface area (Å²) in [7, 11) is 0. The number of carbonyl (C=O) groups is 1. The van der Waals surface area contributed by atoms with E-state index in [4.69, 9.17) is 39.2 Å². The van der Waals surface area contributed by atoms with Crippen LogP contribution in [-0.2, 0) is 0 Å². The first-order chi connectivity index (χ1) is 12.3. The minimum atomic E-state index is -1.06. The van der Waals surface area contributed by atoms with Gasteiger partial charge in [0.2, 0.25) is 0 Å². The lowest BCUT2D eigenvalue weighted by Crippen LogP contribution is -2.01. The van der Waals surface area contributed by atoms with Gasteiger partial charge >= 0.3 is 5.97 Å². The van der Waals surface area contributed by atoms with Gasteiger partial charge in [-0.2, -0.15) is 0 Å². The van der Waals surface area contributed by atoms with Crippen LogP contribution in [0.15, 0.2) is 40.8 Å². The third kappa shape index (κ3) is 2.71. The Morgan fingerprint density at radius 1 is 1.08 bits per heavy atom. The van der Waals surface area contributed by atoms with Crippen molar-refractivity contribution in [2.24, 2.45) is 0 Å². The maximum absolute atomic E-state index is 11.7. The fourth-order valence-electron chi connectivity index (χ4n) is 2.91. The van der Waals surface area contributed by atoms with Crippen molar-refractivity contribution in [1.82, 2.24) is 4.98 Å². The first-order valence-electron chi connectivity index (χ1n) is 7.57. The van der Waals surface area contributed by atoms with Gasteiger partial charge in [0.25, 0.3) is 0 Å². The Kier molecular flexibility index (Phi) is 4.07. The molecule has 0 saturated carbocycles. The predicted molar refractivity (Wildman–Crippen MR) is 104 cm³/mol. The van der Waals surface area contributed by atoms with E-state index in [-0.39, 0.29) is 5.56 Å². The van der Waals surface area contributed by atoms with Crippen LogP contribution in [0, 0.1) is 6.92 Å². The Bertz CT molecular complexity index is 1210. The quantitative estimate of drug-likeness (QED) is 0.406. The number of carboxylic acids is 1. The topological polar surface area (TPSA) is 63.3 Å². The van der Waals surface area contributed by atoms with Crippen molar-refractivity contribution in [3.63, 3.8) is 0 Å². The Morgan fingerprint density at radius 3 is 2.58 bits per heavy atom. The van der Waals surface area contributed by atoms with Gasteiger partial charge in [0.05, 0.1) is 16.1 Å². The fourth-order valence-corrected chi connectivity index (χ4v) is 3.61. The average molecular weight is 407 g/mol. The van der Waals surface area contributed by atoms with Gasteiger partial charge in [0, 0.05) is 20.8 Å². The van der Waals surface area contributed by atoms with E-state index in [2.05, 4.69) is 4.98 Å². The summed E-state index contributed by atoms with van der Waals surface area (Å²) in [4.78, 5) is 16.3. The molecule has 0 atom stereocenters. The van der Waals surface area contributed by atoms with Gasteiger partial charge in [0.1, 0.15) is 5.69 Å². The maximum atomic E-state index is 11.7. The zero-order chi connectivity index (χ0) is 18.6. The molecule has 0 unspecified atom stereocenters. The van der Waals surface area contributed by atoms with Crippen LogP contribution in [0.5, 0.6) is 0 Å². The highest BCUT2D eigenvalue weighted by Gasteiger charge is 2.18. The molecule has 4 nitrogen and oxygen atoms in total. The number of carboxylic acid groups (broad SMARTS) is 1. The summed E-state index contributed by atoms with van der Waals surface area (Å²) in [6.07, 6.45) is 0. The summed E-state index contributed by atoms with van der Waals surface area (Å²) in [6, 6.07) is 9.82. The van der Waals surface area contributed by atoms with E-state index < -0.39 is 5.97 Å². The molecule has 4 rings (SSSR count). The number of hydrogen-bond acceptors (Lipinski definition) is 3. The molecule has 0 amide bonds. The molecule has 130 valence electrons. The molecular formula is C19H10Cl3NO3. The lowest BCUT2D eigenvalue weighted by atomic mass is 10.0. The molecule has 4 aromatic rings. The summed E-state index contributed by atoms with van der Waals surface area (Å²) in [5.74, 6) is -0.662. The first kappa shape index (κ1) is 17.2. The van der Waals surface area contributed by atoms with Gasteiger partial charge in [-0.15, -0.1) is 0 Å². The Hall–Kier alpha value is -2.27. The van der Waals surface area contributed by atoms with Crippen LogP contribution in [0.25, 0.3) is 33.3 Å². The van der Waals surface area contributed by atoms with Crippen molar-refractivity contribution in [3.05, 3.63) is 62.6 Å². The van der Waals surface area contributed by atoms with Crippen LogP contribution in [0.2, 0.25) is 15.1 Å². The molecule has 0 aliphatic carbocycles. The largest absolute Gasteiger partial charge is 0.478 e. The molecular weight excluding hydrogens is 397 g/mol. The number of fused-ring (bicyclic) bond motifs is 2. The second-order valence-corrected chi connectivity index (χ2v) is 7.10. The zero-order valence-corrected chi connectivity index (χ0v) is 15.6. The molecule has 0 aliphatic rings. The van der Waals surface area contributed by atoms with Crippen molar-refractivity contribution < 1.29 is 14.3 Å². The zero-order valence-electron chi connectivity index (χ0n) is 13.3. The van der Waals surface area contributed by atoms with E-state index in [1.54, 1.807) is 37.3 Å². The van der Waals surface area contributed by atoms with E-state index in [9.17, 15) is 9.90 Å². The van der Waals surface area contributed by atoms with Gasteiger partial charge in [-0.25, -0.2) is 9.78 Å². The number of furan rings is 1. The van der Waals surface area contributed by atoms with E-state index in [0.717, 1.165) is 0 Å². The van der Waals surface area contributed by atoms with Gasteiger partial charge in [-0.1, -0.05) is 40.9 Å². The highest BCUT2D eigenvalue weighted by molar-refractivity contribution is 6.38. The summed E-state index contributed by atoms with van der Waals surface area (Å²) in [5.41, 5.74) is 2.17. The number of benzene rings is 2. The third-order valence-corrected chi connectivity index (χ3v) is 5.10. The highest BCUT2D eigenvalue weighted by atomic mass is 35.5. The van der Waals surface area contributed by atoms with Gasteiger partial charge in [0.15, 0.2) is 11.3 Å². The molecule has 7 heteroatoms.